The van der Waals surface area contributed by atoms with Crippen molar-refractivity contribution in [3.8, 4) is 5.88 Å². The molecule has 5 rings (SSSR count). The second-order valence-corrected chi connectivity index (χ2v) is 8.95. The Labute approximate surface area is 162 Å². The summed E-state index contributed by atoms with van der Waals surface area (Å²) < 4.78 is 11.9. The van der Waals surface area contributed by atoms with Crippen molar-refractivity contribution >= 4 is 33.2 Å². The van der Waals surface area contributed by atoms with Gasteiger partial charge in [0.2, 0.25) is 11.2 Å². The summed E-state index contributed by atoms with van der Waals surface area (Å²) in [5.74, 6) is 0.717. The zero-order valence-electron chi connectivity index (χ0n) is 14.9. The summed E-state index contributed by atoms with van der Waals surface area (Å²) in [6.45, 7) is 3.88. The number of morpholine rings is 1. The SMILES string of the molecule is Clc1nc(OC2CCC(N3CCOCC3)CC2)c2c3c(sc2n1)CCC3. The normalized spacial score (nSPS) is 27.0. The first-order valence-electron chi connectivity index (χ1n) is 9.74. The quantitative estimate of drug-likeness (QED) is 0.741. The lowest BCUT2D eigenvalue weighted by Crippen LogP contribution is -2.46. The van der Waals surface area contributed by atoms with Crippen molar-refractivity contribution in [3.05, 3.63) is 15.7 Å². The lowest BCUT2D eigenvalue weighted by Gasteiger charge is -2.38. The molecular weight excluding hydrogens is 370 g/mol. The van der Waals surface area contributed by atoms with Gasteiger partial charge < -0.3 is 9.47 Å². The molecule has 3 heterocycles. The van der Waals surface area contributed by atoms with Crippen molar-refractivity contribution in [2.75, 3.05) is 26.3 Å². The summed E-state index contributed by atoms with van der Waals surface area (Å²) in [6.07, 6.45) is 8.26. The second-order valence-electron chi connectivity index (χ2n) is 7.53. The van der Waals surface area contributed by atoms with E-state index in [1.54, 1.807) is 11.3 Å². The molecule has 5 nitrogen and oxygen atoms in total. The molecule has 1 saturated heterocycles. The fraction of sp³-hybridized carbons (Fsp3) is 0.684. The van der Waals surface area contributed by atoms with Crippen molar-refractivity contribution in [2.45, 2.75) is 57.1 Å². The van der Waals surface area contributed by atoms with E-state index < -0.39 is 0 Å². The first kappa shape index (κ1) is 17.2. The number of aryl methyl sites for hydroxylation is 2. The van der Waals surface area contributed by atoms with E-state index in [9.17, 15) is 0 Å². The summed E-state index contributed by atoms with van der Waals surface area (Å²) in [6, 6.07) is 0.679. The molecule has 140 valence electrons. The van der Waals surface area contributed by atoms with Gasteiger partial charge in [0.25, 0.3) is 0 Å². The fourth-order valence-electron chi connectivity index (χ4n) is 4.65. The van der Waals surface area contributed by atoms with E-state index in [1.165, 1.54) is 29.7 Å². The first-order chi connectivity index (χ1) is 12.8. The third-order valence-corrected chi connectivity index (χ3v) is 7.34. The van der Waals surface area contributed by atoms with Crippen LogP contribution in [0, 0.1) is 0 Å². The maximum Gasteiger partial charge on any atom is 0.227 e. The highest BCUT2D eigenvalue weighted by Gasteiger charge is 2.29. The average Bonchev–Trinajstić information content (AvgIpc) is 3.23. The molecule has 26 heavy (non-hydrogen) atoms. The van der Waals surface area contributed by atoms with Crippen LogP contribution in [0.2, 0.25) is 5.28 Å². The van der Waals surface area contributed by atoms with E-state index in [1.807, 2.05) is 0 Å². The standard InChI is InChI=1S/C19H24ClN3O2S/c20-19-21-17(16-14-2-1-3-15(14)26-18(16)22-19)25-13-6-4-12(5-7-13)23-8-10-24-11-9-23/h12-13H,1-11H2. The predicted molar refractivity (Wildman–Crippen MR) is 104 cm³/mol. The molecule has 7 heteroatoms. The summed E-state index contributed by atoms with van der Waals surface area (Å²) in [5.41, 5.74) is 1.40. The van der Waals surface area contributed by atoms with Gasteiger partial charge in [-0.2, -0.15) is 4.98 Å². The third kappa shape index (κ3) is 3.21. The van der Waals surface area contributed by atoms with Crippen LogP contribution in [0.15, 0.2) is 0 Å². The Morgan fingerprint density at radius 1 is 1.08 bits per heavy atom. The first-order valence-corrected chi connectivity index (χ1v) is 10.9. The van der Waals surface area contributed by atoms with Crippen LogP contribution < -0.4 is 4.74 Å². The Hall–Kier alpha value is -0.950. The predicted octanol–water partition coefficient (Wildman–Crippen LogP) is 3.86. The molecule has 0 atom stereocenters. The van der Waals surface area contributed by atoms with Gasteiger partial charge in [-0.3, -0.25) is 4.90 Å². The molecule has 0 aromatic carbocycles. The van der Waals surface area contributed by atoms with Crippen molar-refractivity contribution in [1.82, 2.24) is 14.9 Å². The molecule has 0 unspecified atom stereocenters. The molecule has 1 aliphatic heterocycles. The van der Waals surface area contributed by atoms with Crippen LogP contribution in [-0.4, -0.2) is 53.3 Å². The lowest BCUT2D eigenvalue weighted by atomic mass is 9.91. The van der Waals surface area contributed by atoms with Crippen LogP contribution in [0.1, 0.15) is 42.5 Å². The molecule has 3 aliphatic rings. The molecule has 2 fully saturated rings. The lowest BCUT2D eigenvalue weighted by molar-refractivity contribution is -0.00126. The van der Waals surface area contributed by atoms with Gasteiger partial charge in [-0.05, 0) is 62.1 Å². The molecule has 0 spiro atoms. The van der Waals surface area contributed by atoms with E-state index in [0.717, 1.165) is 62.2 Å². The van der Waals surface area contributed by atoms with Crippen molar-refractivity contribution < 1.29 is 9.47 Å². The monoisotopic (exact) mass is 393 g/mol. The minimum Gasteiger partial charge on any atom is -0.474 e. The van der Waals surface area contributed by atoms with Crippen LogP contribution in [0.4, 0.5) is 0 Å². The zero-order valence-corrected chi connectivity index (χ0v) is 16.4. The Kier molecular flexibility index (Phi) is 4.77. The average molecular weight is 394 g/mol. The van der Waals surface area contributed by atoms with Crippen LogP contribution >= 0.6 is 22.9 Å². The van der Waals surface area contributed by atoms with E-state index in [0.29, 0.717) is 17.2 Å². The van der Waals surface area contributed by atoms with E-state index in [2.05, 4.69) is 14.9 Å². The van der Waals surface area contributed by atoms with Crippen LogP contribution in [0.25, 0.3) is 10.2 Å². The molecular formula is C19H24ClN3O2S. The molecule has 2 aromatic heterocycles. The van der Waals surface area contributed by atoms with Crippen LogP contribution in [0.3, 0.4) is 0 Å². The summed E-state index contributed by atoms with van der Waals surface area (Å²) in [4.78, 5) is 13.9. The fourth-order valence-corrected chi connectivity index (χ4v) is 6.11. The smallest absolute Gasteiger partial charge is 0.227 e. The molecule has 0 bridgehead atoms. The number of hydrogen-bond donors (Lipinski definition) is 0. The van der Waals surface area contributed by atoms with Crippen molar-refractivity contribution in [3.63, 3.8) is 0 Å². The second kappa shape index (κ2) is 7.23. The number of halogens is 1. The van der Waals surface area contributed by atoms with E-state index >= 15 is 0 Å². The Bertz CT molecular complexity index is 798. The minimum atomic E-state index is 0.235. The molecule has 2 aliphatic carbocycles. The summed E-state index contributed by atoms with van der Waals surface area (Å²) in [7, 11) is 0. The number of aromatic nitrogens is 2. The van der Waals surface area contributed by atoms with Gasteiger partial charge in [-0.1, -0.05) is 0 Å². The summed E-state index contributed by atoms with van der Waals surface area (Å²) in [5, 5.41) is 1.43. The van der Waals surface area contributed by atoms with Crippen molar-refractivity contribution in [2.24, 2.45) is 0 Å². The Morgan fingerprint density at radius 3 is 2.69 bits per heavy atom. The number of nitrogens with zero attached hydrogens (tertiary/aromatic N) is 3. The van der Waals surface area contributed by atoms with Gasteiger partial charge in [0.1, 0.15) is 10.9 Å². The minimum absolute atomic E-state index is 0.235. The van der Waals surface area contributed by atoms with E-state index in [-0.39, 0.29) is 6.10 Å². The largest absolute Gasteiger partial charge is 0.474 e. The van der Waals surface area contributed by atoms with Gasteiger partial charge >= 0.3 is 0 Å². The van der Waals surface area contributed by atoms with Crippen LogP contribution in [0.5, 0.6) is 5.88 Å². The Balaban J connectivity index is 1.31. The van der Waals surface area contributed by atoms with Gasteiger partial charge in [0.05, 0.1) is 18.6 Å². The van der Waals surface area contributed by atoms with Crippen LogP contribution in [-0.2, 0) is 17.6 Å². The topological polar surface area (TPSA) is 47.5 Å². The van der Waals surface area contributed by atoms with Gasteiger partial charge in [-0.15, -0.1) is 11.3 Å². The highest BCUT2D eigenvalue weighted by molar-refractivity contribution is 7.19. The molecule has 1 saturated carbocycles. The summed E-state index contributed by atoms with van der Waals surface area (Å²) >= 11 is 7.94. The third-order valence-electron chi connectivity index (χ3n) is 5.99. The van der Waals surface area contributed by atoms with Gasteiger partial charge in [0.15, 0.2) is 0 Å². The Morgan fingerprint density at radius 2 is 1.88 bits per heavy atom. The maximum atomic E-state index is 6.40. The van der Waals surface area contributed by atoms with Crippen molar-refractivity contribution in [1.29, 1.82) is 0 Å². The molecule has 0 radical (unpaired) electrons. The number of rotatable bonds is 3. The van der Waals surface area contributed by atoms with Gasteiger partial charge in [0, 0.05) is 24.0 Å². The maximum absolute atomic E-state index is 6.40. The number of ether oxygens (including phenoxy) is 2. The highest BCUT2D eigenvalue weighted by Crippen LogP contribution is 2.41. The number of thiophene rings is 1. The zero-order chi connectivity index (χ0) is 17.5. The molecule has 0 N–H and O–H groups in total. The van der Waals surface area contributed by atoms with Gasteiger partial charge in [-0.25, -0.2) is 4.98 Å². The van der Waals surface area contributed by atoms with E-state index in [4.69, 9.17) is 21.1 Å². The molecule has 2 aromatic rings. The molecule has 0 amide bonds. The highest BCUT2D eigenvalue weighted by atomic mass is 35.5. The number of fused-ring (bicyclic) bond motifs is 3. The number of hydrogen-bond acceptors (Lipinski definition) is 6.